The highest BCUT2D eigenvalue weighted by Gasteiger charge is 2.20. The van der Waals surface area contributed by atoms with Crippen LogP contribution >= 0.6 is 0 Å². The minimum absolute atomic E-state index is 0.151. The molecule has 0 atom stereocenters. The molecule has 1 aromatic heterocycles. The third-order valence-corrected chi connectivity index (χ3v) is 4.75. The minimum atomic E-state index is -0.151. The molecule has 7 nitrogen and oxygen atoms in total. The Hall–Kier alpha value is -3.74. The van der Waals surface area contributed by atoms with E-state index in [4.69, 9.17) is 18.9 Å². The van der Waals surface area contributed by atoms with Crippen molar-refractivity contribution >= 4 is 11.6 Å². The molecule has 0 aliphatic heterocycles. The second-order valence-corrected chi connectivity index (χ2v) is 7.03. The summed E-state index contributed by atoms with van der Waals surface area (Å²) < 4.78 is 22.5. The number of methoxy groups -OCH3 is 2. The van der Waals surface area contributed by atoms with Crippen LogP contribution in [-0.2, 0) is 11.3 Å². The van der Waals surface area contributed by atoms with E-state index in [2.05, 4.69) is 4.98 Å². The normalized spacial score (nSPS) is 10.4. The van der Waals surface area contributed by atoms with Gasteiger partial charge in [0.25, 0.3) is 0 Å². The monoisotopic (exact) mass is 436 g/mol. The van der Waals surface area contributed by atoms with Crippen LogP contribution in [0.15, 0.2) is 60.8 Å². The van der Waals surface area contributed by atoms with E-state index >= 15 is 0 Å². The van der Waals surface area contributed by atoms with E-state index in [-0.39, 0.29) is 12.5 Å². The Bertz CT molecular complexity index is 1040. The summed E-state index contributed by atoms with van der Waals surface area (Å²) >= 11 is 0. The van der Waals surface area contributed by atoms with E-state index in [1.54, 1.807) is 61.7 Å². The Morgan fingerprint density at radius 3 is 2.31 bits per heavy atom. The van der Waals surface area contributed by atoms with Crippen molar-refractivity contribution in [3.63, 3.8) is 0 Å². The van der Waals surface area contributed by atoms with Crippen LogP contribution in [0.25, 0.3) is 0 Å². The highest BCUT2D eigenvalue weighted by molar-refractivity contribution is 5.92. The molecule has 0 saturated heterocycles. The van der Waals surface area contributed by atoms with Crippen LogP contribution in [0.4, 0.5) is 5.69 Å². The number of amides is 1. The van der Waals surface area contributed by atoms with E-state index in [9.17, 15) is 4.79 Å². The number of benzene rings is 2. The van der Waals surface area contributed by atoms with Crippen molar-refractivity contribution < 1.29 is 23.7 Å². The third-order valence-electron chi connectivity index (χ3n) is 4.75. The molecule has 0 radical (unpaired) electrons. The Morgan fingerprint density at radius 1 is 0.969 bits per heavy atom. The number of anilines is 1. The molecule has 32 heavy (non-hydrogen) atoms. The summed E-state index contributed by atoms with van der Waals surface area (Å²) in [4.78, 5) is 18.6. The number of aromatic nitrogens is 1. The van der Waals surface area contributed by atoms with Crippen molar-refractivity contribution in [3.05, 3.63) is 66.4 Å². The van der Waals surface area contributed by atoms with Crippen molar-refractivity contribution in [1.29, 1.82) is 0 Å². The first-order chi connectivity index (χ1) is 15.5. The maximum absolute atomic E-state index is 12.7. The lowest BCUT2D eigenvalue weighted by atomic mass is 10.1. The van der Waals surface area contributed by atoms with Crippen molar-refractivity contribution in [2.45, 2.75) is 26.8 Å². The predicted octanol–water partition coefficient (Wildman–Crippen LogP) is 5.23. The summed E-state index contributed by atoms with van der Waals surface area (Å²) in [5.41, 5.74) is 1.38. The summed E-state index contributed by atoms with van der Waals surface area (Å²) in [6, 6.07) is 16.3. The fourth-order valence-electron chi connectivity index (χ4n) is 3.12. The Morgan fingerprint density at radius 2 is 1.66 bits per heavy atom. The lowest BCUT2D eigenvalue weighted by molar-refractivity contribution is -0.116. The topological polar surface area (TPSA) is 70.1 Å². The summed E-state index contributed by atoms with van der Waals surface area (Å²) in [6.07, 6.45) is 2.51. The third kappa shape index (κ3) is 5.69. The number of carbonyl (C=O) groups excluding carboxylic acids is 1. The molecule has 3 rings (SSSR count). The molecule has 1 heterocycles. The largest absolute Gasteiger partial charge is 0.497 e. The molecule has 0 unspecified atom stereocenters. The van der Waals surface area contributed by atoms with Gasteiger partial charge in [0.05, 0.1) is 27.4 Å². The van der Waals surface area contributed by atoms with Gasteiger partial charge in [-0.25, -0.2) is 4.98 Å². The van der Waals surface area contributed by atoms with E-state index in [0.717, 1.165) is 17.7 Å². The molecule has 7 heteroatoms. The maximum Gasteiger partial charge on any atom is 0.243 e. The van der Waals surface area contributed by atoms with Crippen LogP contribution < -0.4 is 23.8 Å². The zero-order valence-electron chi connectivity index (χ0n) is 18.8. The first kappa shape index (κ1) is 22.9. The number of hydrogen-bond acceptors (Lipinski definition) is 6. The molecule has 0 aliphatic rings. The highest BCUT2D eigenvalue weighted by Crippen LogP contribution is 2.34. The molecule has 0 N–H and O–H groups in total. The van der Waals surface area contributed by atoms with Gasteiger partial charge < -0.3 is 23.8 Å². The molecule has 0 saturated carbocycles. The lowest BCUT2D eigenvalue weighted by Gasteiger charge is -2.24. The van der Waals surface area contributed by atoms with Gasteiger partial charge in [-0.05, 0) is 61.0 Å². The van der Waals surface area contributed by atoms with Gasteiger partial charge in [0, 0.05) is 18.7 Å². The number of ether oxygens (including phenoxy) is 4. The van der Waals surface area contributed by atoms with E-state index in [1.165, 1.54) is 6.92 Å². The molecule has 0 aliphatic carbocycles. The number of rotatable bonds is 10. The molecular formula is C25H28N2O5. The Labute approximate surface area is 188 Å². The number of hydrogen-bond donors (Lipinski definition) is 0. The summed E-state index contributed by atoms with van der Waals surface area (Å²) in [6.45, 7) is 4.41. The second kappa shape index (κ2) is 11.0. The molecule has 0 spiro atoms. The first-order valence-electron chi connectivity index (χ1n) is 10.4. The predicted molar refractivity (Wildman–Crippen MR) is 123 cm³/mol. The molecule has 168 valence electrons. The van der Waals surface area contributed by atoms with Crippen molar-refractivity contribution in [1.82, 2.24) is 4.98 Å². The number of pyridine rings is 1. The fourth-order valence-corrected chi connectivity index (χ4v) is 3.12. The average molecular weight is 437 g/mol. The minimum Gasteiger partial charge on any atom is -0.497 e. The number of carbonyl (C=O) groups is 1. The summed E-state index contributed by atoms with van der Waals surface area (Å²) in [5.74, 6) is 2.88. The lowest BCUT2D eigenvalue weighted by Crippen LogP contribution is -2.28. The molecule has 2 aromatic carbocycles. The van der Waals surface area contributed by atoms with Crippen LogP contribution in [0.2, 0.25) is 0 Å². The standard InChI is InChI=1S/C25H28N2O5/c1-5-15-31-24-13-12-22(30-4)16-19(24)17-27(18(2)28)23-7-6-14-26-25(23)32-21-10-8-20(29-3)9-11-21/h6-14,16H,5,15,17H2,1-4H3. The fraction of sp³-hybridized carbons (Fsp3) is 0.280. The first-order valence-corrected chi connectivity index (χ1v) is 10.4. The van der Waals surface area contributed by atoms with Crippen molar-refractivity contribution in [2.24, 2.45) is 0 Å². The maximum atomic E-state index is 12.7. The van der Waals surface area contributed by atoms with Gasteiger partial charge in [0.2, 0.25) is 11.8 Å². The zero-order chi connectivity index (χ0) is 22.9. The van der Waals surface area contributed by atoms with Gasteiger partial charge in [-0.2, -0.15) is 0 Å². The van der Waals surface area contributed by atoms with Gasteiger partial charge in [-0.1, -0.05) is 6.92 Å². The van der Waals surface area contributed by atoms with Crippen LogP contribution in [-0.4, -0.2) is 31.7 Å². The smallest absolute Gasteiger partial charge is 0.243 e. The summed E-state index contributed by atoms with van der Waals surface area (Å²) in [5, 5.41) is 0. The second-order valence-electron chi connectivity index (χ2n) is 7.03. The molecule has 0 bridgehead atoms. The zero-order valence-corrected chi connectivity index (χ0v) is 18.8. The average Bonchev–Trinajstić information content (AvgIpc) is 2.82. The molecule has 1 amide bonds. The van der Waals surface area contributed by atoms with Gasteiger partial charge in [0.15, 0.2) is 0 Å². The van der Waals surface area contributed by atoms with E-state index in [0.29, 0.717) is 35.4 Å². The summed E-state index contributed by atoms with van der Waals surface area (Å²) in [7, 11) is 3.21. The quantitative estimate of drug-likeness (QED) is 0.433. The van der Waals surface area contributed by atoms with Crippen molar-refractivity contribution in [2.75, 3.05) is 25.7 Å². The van der Waals surface area contributed by atoms with Crippen LogP contribution in [0.1, 0.15) is 25.8 Å². The van der Waals surface area contributed by atoms with Gasteiger partial charge in [-0.3, -0.25) is 4.79 Å². The van der Waals surface area contributed by atoms with E-state index < -0.39 is 0 Å². The number of nitrogens with zero attached hydrogens (tertiary/aromatic N) is 2. The molecular weight excluding hydrogens is 408 g/mol. The van der Waals surface area contributed by atoms with Crippen LogP contribution in [0.3, 0.4) is 0 Å². The van der Waals surface area contributed by atoms with E-state index in [1.807, 2.05) is 25.1 Å². The van der Waals surface area contributed by atoms with Crippen LogP contribution in [0.5, 0.6) is 28.9 Å². The van der Waals surface area contributed by atoms with Crippen molar-refractivity contribution in [3.8, 4) is 28.9 Å². The van der Waals surface area contributed by atoms with Gasteiger partial charge in [0.1, 0.15) is 28.7 Å². The Kier molecular flexibility index (Phi) is 7.91. The van der Waals surface area contributed by atoms with Gasteiger partial charge in [-0.15, -0.1) is 0 Å². The molecule has 3 aromatic rings. The highest BCUT2D eigenvalue weighted by atomic mass is 16.5. The SMILES string of the molecule is CCCOc1ccc(OC)cc1CN(C(C)=O)c1cccnc1Oc1ccc(OC)cc1. The van der Waals surface area contributed by atoms with Gasteiger partial charge >= 0.3 is 0 Å². The molecule has 0 fully saturated rings. The Balaban J connectivity index is 1.93. The van der Waals surface area contributed by atoms with Crippen LogP contribution in [0, 0.1) is 0 Å².